The van der Waals surface area contributed by atoms with Crippen LogP contribution in [0.5, 0.6) is 0 Å². The van der Waals surface area contributed by atoms with E-state index in [1.807, 2.05) is 18.2 Å². The normalized spacial score (nSPS) is 10.8. The van der Waals surface area contributed by atoms with Crippen molar-refractivity contribution in [1.29, 1.82) is 0 Å². The number of hydrogen-bond donors (Lipinski definition) is 1. The molecule has 1 N–H and O–H groups in total. The van der Waals surface area contributed by atoms with E-state index < -0.39 is 0 Å². The predicted octanol–water partition coefficient (Wildman–Crippen LogP) is 3.68. The van der Waals surface area contributed by atoms with Crippen molar-refractivity contribution in [3.05, 3.63) is 46.2 Å². The summed E-state index contributed by atoms with van der Waals surface area (Å²) in [5.74, 6) is 0. The van der Waals surface area contributed by atoms with Gasteiger partial charge in [-0.3, -0.25) is 0 Å². The van der Waals surface area contributed by atoms with Gasteiger partial charge in [-0.15, -0.1) is 0 Å². The molecule has 2 rings (SSSR count). The largest absolute Gasteiger partial charge is 0.313 e. The number of nitrogens with one attached hydrogen (secondary N) is 1. The molecule has 0 aliphatic carbocycles. The van der Waals surface area contributed by atoms with E-state index in [1.165, 1.54) is 0 Å². The van der Waals surface area contributed by atoms with Gasteiger partial charge >= 0.3 is 0 Å². The monoisotopic (exact) mass is 283 g/mol. The molecule has 1 aromatic carbocycles. The number of hydrogen-bond acceptors (Lipinski definition) is 2. The van der Waals surface area contributed by atoms with Crippen LogP contribution in [0.2, 0.25) is 10.0 Å². The molecule has 18 heavy (non-hydrogen) atoms. The topological polar surface area (TPSA) is 29.9 Å². The first-order chi connectivity index (χ1) is 8.70. The quantitative estimate of drug-likeness (QED) is 0.849. The molecule has 1 aromatic heterocycles. The number of nitrogens with zero attached hydrogens (tertiary/aromatic N) is 2. The molecule has 0 radical (unpaired) electrons. The molecule has 0 saturated heterocycles. The van der Waals surface area contributed by atoms with E-state index in [2.05, 4.69) is 17.3 Å². The van der Waals surface area contributed by atoms with Crippen LogP contribution < -0.4 is 5.32 Å². The molecule has 0 atom stereocenters. The van der Waals surface area contributed by atoms with E-state index in [4.69, 9.17) is 23.2 Å². The summed E-state index contributed by atoms with van der Waals surface area (Å²) in [5, 5.41) is 8.89. The predicted molar refractivity (Wildman–Crippen MR) is 75.6 cm³/mol. The third kappa shape index (κ3) is 3.25. The van der Waals surface area contributed by atoms with Crippen molar-refractivity contribution in [2.75, 3.05) is 6.54 Å². The first-order valence-electron chi connectivity index (χ1n) is 5.90. The molecule has 0 unspecified atom stereocenters. The van der Waals surface area contributed by atoms with Gasteiger partial charge in [0, 0.05) is 17.8 Å². The smallest absolute Gasteiger partial charge is 0.0790 e. The van der Waals surface area contributed by atoms with Crippen molar-refractivity contribution in [3.63, 3.8) is 0 Å². The van der Waals surface area contributed by atoms with E-state index in [9.17, 15) is 0 Å². The summed E-state index contributed by atoms with van der Waals surface area (Å²) in [6.07, 6.45) is 4.50. The molecule has 0 fully saturated rings. The molecule has 5 heteroatoms. The Morgan fingerprint density at radius 2 is 2.11 bits per heavy atom. The third-order valence-electron chi connectivity index (χ3n) is 2.59. The minimum absolute atomic E-state index is 0.613. The summed E-state index contributed by atoms with van der Waals surface area (Å²) in [5.41, 5.74) is 2.10. The highest BCUT2D eigenvalue weighted by atomic mass is 35.5. The zero-order chi connectivity index (χ0) is 13.0. The van der Waals surface area contributed by atoms with Gasteiger partial charge in [0.15, 0.2) is 0 Å². The maximum atomic E-state index is 6.04. The van der Waals surface area contributed by atoms with Crippen LogP contribution in [-0.4, -0.2) is 16.3 Å². The van der Waals surface area contributed by atoms with Gasteiger partial charge in [0.1, 0.15) is 0 Å². The molecule has 0 spiro atoms. The summed E-state index contributed by atoms with van der Waals surface area (Å²) < 4.78 is 1.75. The lowest BCUT2D eigenvalue weighted by atomic mass is 10.1. The first-order valence-corrected chi connectivity index (χ1v) is 6.66. The maximum Gasteiger partial charge on any atom is 0.0790 e. The second-order valence-electron chi connectivity index (χ2n) is 4.05. The molecule has 0 bridgehead atoms. The van der Waals surface area contributed by atoms with Gasteiger partial charge in [0.25, 0.3) is 0 Å². The highest BCUT2D eigenvalue weighted by Crippen LogP contribution is 2.21. The van der Waals surface area contributed by atoms with Crippen LogP contribution in [-0.2, 0) is 6.54 Å². The van der Waals surface area contributed by atoms with E-state index >= 15 is 0 Å². The van der Waals surface area contributed by atoms with Crippen molar-refractivity contribution >= 4 is 23.2 Å². The molecule has 2 aromatic rings. The van der Waals surface area contributed by atoms with Crippen LogP contribution in [0.1, 0.15) is 18.9 Å². The summed E-state index contributed by atoms with van der Waals surface area (Å²) in [7, 11) is 0. The molecule has 3 nitrogen and oxygen atoms in total. The molecule has 0 aliphatic heterocycles. The number of benzene rings is 1. The fourth-order valence-corrected chi connectivity index (χ4v) is 2.03. The first kappa shape index (κ1) is 13.4. The summed E-state index contributed by atoms with van der Waals surface area (Å²) in [4.78, 5) is 0. The van der Waals surface area contributed by atoms with Crippen molar-refractivity contribution in [2.45, 2.75) is 19.9 Å². The van der Waals surface area contributed by atoms with Gasteiger partial charge in [-0.1, -0.05) is 36.2 Å². The molecule has 1 heterocycles. The number of rotatable bonds is 5. The standard InChI is InChI=1S/C13H15Cl2N3/c1-2-5-16-7-10-3-4-11(14)6-13(10)18-9-12(15)8-17-18/h3-4,6,8-9,16H,2,5,7H2,1H3. The minimum Gasteiger partial charge on any atom is -0.313 e. The fourth-order valence-electron chi connectivity index (χ4n) is 1.73. The lowest BCUT2D eigenvalue weighted by molar-refractivity contribution is 0.670. The molecule has 0 aliphatic rings. The molecule has 0 saturated carbocycles. The Kier molecular flexibility index (Phi) is 4.64. The Hall–Kier alpha value is -1.03. The molecule has 0 amide bonds. The van der Waals surface area contributed by atoms with Crippen LogP contribution in [0.4, 0.5) is 0 Å². The van der Waals surface area contributed by atoms with Gasteiger partial charge < -0.3 is 5.32 Å². The van der Waals surface area contributed by atoms with Crippen molar-refractivity contribution in [1.82, 2.24) is 15.1 Å². The van der Waals surface area contributed by atoms with Crippen molar-refractivity contribution in [3.8, 4) is 5.69 Å². The molecular weight excluding hydrogens is 269 g/mol. The van der Waals surface area contributed by atoms with Crippen LogP contribution in [0.25, 0.3) is 5.69 Å². The van der Waals surface area contributed by atoms with Crippen molar-refractivity contribution < 1.29 is 0 Å². The average molecular weight is 284 g/mol. The van der Waals surface area contributed by atoms with Gasteiger partial charge in [-0.05, 0) is 30.7 Å². The van der Waals surface area contributed by atoms with E-state index in [-0.39, 0.29) is 0 Å². The zero-order valence-corrected chi connectivity index (χ0v) is 11.7. The number of aromatic nitrogens is 2. The second kappa shape index (κ2) is 6.23. The molecule has 96 valence electrons. The lowest BCUT2D eigenvalue weighted by Crippen LogP contribution is -2.15. The average Bonchev–Trinajstić information content (AvgIpc) is 2.78. The van der Waals surface area contributed by atoms with Gasteiger partial charge in [0.05, 0.1) is 16.9 Å². The molecular formula is C13H15Cl2N3. The number of halogens is 2. The third-order valence-corrected chi connectivity index (χ3v) is 3.02. The lowest BCUT2D eigenvalue weighted by Gasteiger charge is -2.10. The van der Waals surface area contributed by atoms with Crippen LogP contribution in [0.3, 0.4) is 0 Å². The minimum atomic E-state index is 0.613. The van der Waals surface area contributed by atoms with Crippen LogP contribution in [0.15, 0.2) is 30.6 Å². The Bertz CT molecular complexity index is 523. The summed E-state index contributed by atoms with van der Waals surface area (Å²) >= 11 is 11.9. The van der Waals surface area contributed by atoms with Gasteiger partial charge in [0.2, 0.25) is 0 Å². The van der Waals surface area contributed by atoms with E-state index in [0.29, 0.717) is 10.0 Å². The summed E-state index contributed by atoms with van der Waals surface area (Å²) in [6, 6.07) is 5.79. The van der Waals surface area contributed by atoms with E-state index in [1.54, 1.807) is 17.1 Å². The Balaban J connectivity index is 2.29. The maximum absolute atomic E-state index is 6.04. The van der Waals surface area contributed by atoms with Gasteiger partial charge in [-0.2, -0.15) is 5.10 Å². The Morgan fingerprint density at radius 1 is 1.28 bits per heavy atom. The van der Waals surface area contributed by atoms with Crippen molar-refractivity contribution in [2.24, 2.45) is 0 Å². The van der Waals surface area contributed by atoms with Crippen LogP contribution in [0, 0.1) is 0 Å². The zero-order valence-electron chi connectivity index (χ0n) is 10.2. The highest BCUT2D eigenvalue weighted by Gasteiger charge is 2.07. The fraction of sp³-hybridized carbons (Fsp3) is 0.308. The van der Waals surface area contributed by atoms with Crippen LogP contribution >= 0.6 is 23.2 Å². The Morgan fingerprint density at radius 3 is 2.78 bits per heavy atom. The highest BCUT2D eigenvalue weighted by molar-refractivity contribution is 6.31. The SMILES string of the molecule is CCCNCc1ccc(Cl)cc1-n1cc(Cl)cn1. The second-order valence-corrected chi connectivity index (χ2v) is 4.93. The van der Waals surface area contributed by atoms with E-state index in [0.717, 1.165) is 30.8 Å². The van der Waals surface area contributed by atoms with Gasteiger partial charge in [-0.25, -0.2) is 4.68 Å². The Labute approximate surface area is 117 Å². The summed E-state index contributed by atoms with van der Waals surface area (Å²) in [6.45, 7) is 3.92.